The Balaban J connectivity index is 1.61. The van der Waals surface area contributed by atoms with Crippen LogP contribution in [0.25, 0.3) is 0 Å². The number of rotatable bonds is 3. The number of aromatic nitrogens is 2. The molecule has 0 aliphatic carbocycles. The molecule has 1 N–H and O–H groups in total. The van der Waals surface area contributed by atoms with Gasteiger partial charge in [-0.2, -0.15) is 5.10 Å². The van der Waals surface area contributed by atoms with E-state index in [0.29, 0.717) is 25.3 Å². The van der Waals surface area contributed by atoms with Crippen LogP contribution >= 0.6 is 0 Å². The summed E-state index contributed by atoms with van der Waals surface area (Å²) in [6.07, 6.45) is -0.409. The Morgan fingerprint density at radius 2 is 2.00 bits per heavy atom. The molecule has 1 aromatic carbocycles. The van der Waals surface area contributed by atoms with Crippen molar-refractivity contribution in [2.45, 2.75) is 19.7 Å². The molecule has 0 unspecified atom stereocenters. The van der Waals surface area contributed by atoms with Crippen molar-refractivity contribution in [3.8, 4) is 0 Å². The summed E-state index contributed by atoms with van der Waals surface area (Å²) in [5.74, 6) is -1.07. The third kappa shape index (κ3) is 2.93. The average Bonchev–Trinajstić information content (AvgIpc) is 2.97. The maximum Gasteiger partial charge on any atom is 0.410 e. The molecule has 0 saturated carbocycles. The van der Waals surface area contributed by atoms with E-state index in [-0.39, 0.29) is 12.3 Å². The fourth-order valence-corrected chi connectivity index (χ4v) is 2.34. The lowest BCUT2D eigenvalue weighted by atomic mass is 10.2. The van der Waals surface area contributed by atoms with Crippen LogP contribution in [0.2, 0.25) is 0 Å². The number of benzene rings is 1. The minimum Gasteiger partial charge on any atom is -0.476 e. The largest absolute Gasteiger partial charge is 0.476 e. The first-order valence-corrected chi connectivity index (χ1v) is 6.89. The lowest BCUT2D eigenvalue weighted by molar-refractivity contribution is 0.0687. The number of carboxylic acids is 1. The fourth-order valence-electron chi connectivity index (χ4n) is 2.34. The highest BCUT2D eigenvalue weighted by Gasteiger charge is 2.24. The molecule has 0 bridgehead atoms. The van der Waals surface area contributed by atoms with Crippen LogP contribution in [0.3, 0.4) is 0 Å². The molecule has 0 atom stereocenters. The second kappa shape index (κ2) is 5.88. The predicted octanol–water partition coefficient (Wildman–Crippen LogP) is 1.73. The van der Waals surface area contributed by atoms with E-state index in [0.717, 1.165) is 5.56 Å². The van der Waals surface area contributed by atoms with Gasteiger partial charge in [-0.1, -0.05) is 30.3 Å². The number of amides is 1. The van der Waals surface area contributed by atoms with Crippen molar-refractivity contribution in [1.29, 1.82) is 0 Å². The highest BCUT2D eigenvalue weighted by Crippen LogP contribution is 2.15. The smallest absolute Gasteiger partial charge is 0.410 e. The van der Waals surface area contributed by atoms with Gasteiger partial charge in [-0.3, -0.25) is 4.68 Å². The summed E-state index contributed by atoms with van der Waals surface area (Å²) in [5, 5.41) is 12.9. The average molecular weight is 301 g/mol. The summed E-state index contributed by atoms with van der Waals surface area (Å²) in [4.78, 5) is 24.5. The number of hydrogen-bond acceptors (Lipinski definition) is 4. The SMILES string of the molecule is O=C(O)c1cc2n(n1)CCN(C(=O)OCc1ccccc1)C2. The van der Waals surface area contributed by atoms with Crippen LogP contribution in [0.4, 0.5) is 4.79 Å². The van der Waals surface area contributed by atoms with Crippen LogP contribution in [0.15, 0.2) is 36.4 Å². The lowest BCUT2D eigenvalue weighted by Crippen LogP contribution is -2.38. The maximum absolute atomic E-state index is 12.1. The van der Waals surface area contributed by atoms with Crippen molar-refractivity contribution in [3.63, 3.8) is 0 Å². The molecule has 2 aromatic rings. The van der Waals surface area contributed by atoms with Gasteiger partial charge in [-0.15, -0.1) is 0 Å². The molecule has 1 aliphatic rings. The van der Waals surface area contributed by atoms with E-state index in [1.807, 2.05) is 30.3 Å². The summed E-state index contributed by atoms with van der Waals surface area (Å²) >= 11 is 0. The second-order valence-corrected chi connectivity index (χ2v) is 5.01. The first-order valence-electron chi connectivity index (χ1n) is 6.89. The van der Waals surface area contributed by atoms with E-state index >= 15 is 0 Å². The molecule has 0 fully saturated rings. The molecule has 22 heavy (non-hydrogen) atoms. The summed E-state index contributed by atoms with van der Waals surface area (Å²) in [7, 11) is 0. The molecule has 2 heterocycles. The van der Waals surface area contributed by atoms with Gasteiger partial charge in [0.15, 0.2) is 5.69 Å². The van der Waals surface area contributed by atoms with E-state index in [2.05, 4.69) is 5.10 Å². The summed E-state index contributed by atoms with van der Waals surface area (Å²) in [5.41, 5.74) is 1.61. The summed E-state index contributed by atoms with van der Waals surface area (Å²) in [6, 6.07) is 10.9. The molecule has 3 rings (SSSR count). The molecule has 7 nitrogen and oxygen atoms in total. The molecule has 7 heteroatoms. The van der Waals surface area contributed by atoms with Crippen molar-refractivity contribution in [1.82, 2.24) is 14.7 Å². The molecular formula is C15H15N3O4. The predicted molar refractivity (Wildman–Crippen MR) is 76.2 cm³/mol. The zero-order valence-electron chi connectivity index (χ0n) is 11.8. The Hall–Kier alpha value is -2.83. The molecule has 0 spiro atoms. The third-order valence-corrected chi connectivity index (χ3v) is 3.48. The molecule has 114 valence electrons. The molecule has 0 saturated heterocycles. The van der Waals surface area contributed by atoms with Gasteiger partial charge in [0.1, 0.15) is 6.61 Å². The number of aromatic carboxylic acids is 1. The summed E-state index contributed by atoms with van der Waals surface area (Å²) < 4.78 is 6.89. The van der Waals surface area contributed by atoms with Crippen molar-refractivity contribution in [2.24, 2.45) is 0 Å². The van der Waals surface area contributed by atoms with Gasteiger partial charge in [0.05, 0.1) is 18.8 Å². The number of fused-ring (bicyclic) bond motifs is 1. The van der Waals surface area contributed by atoms with Gasteiger partial charge in [0, 0.05) is 6.54 Å². The Kier molecular flexibility index (Phi) is 3.78. The highest BCUT2D eigenvalue weighted by molar-refractivity contribution is 5.85. The van der Waals surface area contributed by atoms with Crippen molar-refractivity contribution >= 4 is 12.1 Å². The van der Waals surface area contributed by atoms with E-state index < -0.39 is 12.1 Å². The topological polar surface area (TPSA) is 84.7 Å². The van der Waals surface area contributed by atoms with Crippen LogP contribution < -0.4 is 0 Å². The highest BCUT2D eigenvalue weighted by atomic mass is 16.6. The minimum absolute atomic E-state index is 0.00509. The molecule has 0 radical (unpaired) electrons. The zero-order valence-corrected chi connectivity index (χ0v) is 11.8. The van der Waals surface area contributed by atoms with Gasteiger partial charge >= 0.3 is 12.1 Å². The van der Waals surface area contributed by atoms with Crippen LogP contribution in [-0.2, 0) is 24.4 Å². The molecular weight excluding hydrogens is 286 g/mol. The van der Waals surface area contributed by atoms with Crippen molar-refractivity contribution in [3.05, 3.63) is 53.3 Å². The summed E-state index contributed by atoms with van der Waals surface area (Å²) in [6.45, 7) is 1.42. The normalized spacial score (nSPS) is 13.5. The first-order chi connectivity index (χ1) is 10.6. The third-order valence-electron chi connectivity index (χ3n) is 3.48. The number of carbonyl (C=O) groups excluding carboxylic acids is 1. The monoisotopic (exact) mass is 301 g/mol. The van der Waals surface area contributed by atoms with E-state index in [4.69, 9.17) is 9.84 Å². The number of hydrogen-bond donors (Lipinski definition) is 1. The zero-order chi connectivity index (χ0) is 15.5. The van der Waals surface area contributed by atoms with Gasteiger partial charge in [-0.05, 0) is 11.6 Å². The number of ether oxygens (including phenoxy) is 1. The number of carboxylic acid groups (broad SMARTS) is 1. The standard InChI is InChI=1S/C15H15N3O4/c19-14(20)13-8-12-9-17(6-7-18(12)16-13)15(21)22-10-11-4-2-1-3-5-11/h1-5,8H,6-7,9-10H2,(H,19,20). The number of carbonyl (C=O) groups is 2. The van der Waals surface area contributed by atoms with Crippen molar-refractivity contribution in [2.75, 3.05) is 6.54 Å². The Morgan fingerprint density at radius 3 is 2.73 bits per heavy atom. The first kappa shape index (κ1) is 14.1. The minimum atomic E-state index is -1.07. The maximum atomic E-state index is 12.1. The van der Waals surface area contributed by atoms with E-state index in [9.17, 15) is 9.59 Å². The van der Waals surface area contributed by atoms with E-state index in [1.165, 1.54) is 6.07 Å². The second-order valence-electron chi connectivity index (χ2n) is 5.01. The fraction of sp³-hybridized carbons (Fsp3) is 0.267. The Morgan fingerprint density at radius 1 is 1.23 bits per heavy atom. The molecule has 1 aliphatic heterocycles. The molecule has 1 aromatic heterocycles. The Labute approximate surface area is 126 Å². The van der Waals surface area contributed by atoms with E-state index in [1.54, 1.807) is 9.58 Å². The Bertz CT molecular complexity index is 696. The van der Waals surface area contributed by atoms with Gasteiger partial charge in [-0.25, -0.2) is 9.59 Å². The van der Waals surface area contributed by atoms with Crippen LogP contribution in [0.1, 0.15) is 21.7 Å². The van der Waals surface area contributed by atoms with Gasteiger partial charge in [0.2, 0.25) is 0 Å². The van der Waals surface area contributed by atoms with Gasteiger partial charge < -0.3 is 14.7 Å². The molecule has 1 amide bonds. The van der Waals surface area contributed by atoms with Crippen molar-refractivity contribution < 1.29 is 19.4 Å². The van der Waals surface area contributed by atoms with Gasteiger partial charge in [0.25, 0.3) is 0 Å². The van der Waals surface area contributed by atoms with Crippen LogP contribution in [0.5, 0.6) is 0 Å². The lowest BCUT2D eigenvalue weighted by Gasteiger charge is -2.26. The quantitative estimate of drug-likeness (QED) is 0.933. The van der Waals surface area contributed by atoms with Crippen LogP contribution in [0, 0.1) is 0 Å². The number of nitrogens with zero attached hydrogens (tertiary/aromatic N) is 3. The van der Waals surface area contributed by atoms with Crippen LogP contribution in [-0.4, -0.2) is 38.4 Å².